The van der Waals surface area contributed by atoms with Crippen molar-refractivity contribution in [2.75, 3.05) is 18.9 Å². The molecule has 0 aliphatic carbocycles. The minimum atomic E-state index is -0.102. The number of nitrogens with zero attached hydrogens (tertiary/aromatic N) is 5. The first-order valence-corrected chi connectivity index (χ1v) is 9.91. The molecule has 0 bridgehead atoms. The number of aliphatic imine (C=N–C) groups is 1. The van der Waals surface area contributed by atoms with Gasteiger partial charge in [-0.15, -0.1) is 0 Å². The zero-order valence-corrected chi connectivity index (χ0v) is 17.4. The normalized spacial score (nSPS) is 13.7. The van der Waals surface area contributed by atoms with Crippen molar-refractivity contribution in [2.24, 2.45) is 10.7 Å². The lowest BCUT2D eigenvalue weighted by Crippen LogP contribution is -2.30. The van der Waals surface area contributed by atoms with E-state index < -0.39 is 0 Å². The van der Waals surface area contributed by atoms with Gasteiger partial charge in [0.25, 0.3) is 5.56 Å². The molecule has 0 spiro atoms. The summed E-state index contributed by atoms with van der Waals surface area (Å²) in [5, 5.41) is 3.14. The monoisotopic (exact) mass is 417 g/mol. The highest BCUT2D eigenvalue weighted by Crippen LogP contribution is 2.27. The summed E-state index contributed by atoms with van der Waals surface area (Å²) in [5.74, 6) is 1.77. The van der Waals surface area contributed by atoms with E-state index in [1.807, 2.05) is 6.92 Å². The Morgan fingerprint density at radius 3 is 2.97 bits per heavy atom. The number of allylic oxidation sites excluding steroid dienone is 1. The molecule has 0 aromatic carbocycles. The number of hydrogen-bond acceptors (Lipinski definition) is 8. The Morgan fingerprint density at radius 2 is 2.19 bits per heavy atom. The zero-order chi connectivity index (χ0) is 21.8. The first kappa shape index (κ1) is 20.3. The van der Waals surface area contributed by atoms with Gasteiger partial charge in [0.15, 0.2) is 0 Å². The molecule has 3 N–H and O–H groups in total. The van der Waals surface area contributed by atoms with E-state index in [4.69, 9.17) is 10.5 Å². The van der Waals surface area contributed by atoms with E-state index in [2.05, 4.69) is 25.3 Å². The molecule has 3 aromatic heterocycles. The van der Waals surface area contributed by atoms with Gasteiger partial charge in [0.1, 0.15) is 11.5 Å². The number of anilines is 1. The first-order valence-electron chi connectivity index (χ1n) is 9.91. The van der Waals surface area contributed by atoms with Crippen molar-refractivity contribution in [1.82, 2.24) is 19.5 Å². The second kappa shape index (κ2) is 8.78. The molecule has 3 aromatic rings. The number of aromatic nitrogens is 4. The molecule has 9 heteroatoms. The smallest absolute Gasteiger partial charge is 0.264 e. The summed E-state index contributed by atoms with van der Waals surface area (Å²) in [6, 6.07) is 7.09. The topological polar surface area (TPSA) is 120 Å². The number of nitrogens with one attached hydrogen (secondary N) is 1. The molecule has 0 saturated heterocycles. The maximum atomic E-state index is 12.9. The van der Waals surface area contributed by atoms with Crippen LogP contribution in [0.1, 0.15) is 17.8 Å². The molecule has 1 aliphatic rings. The molecular formula is C22H23N7O2. The lowest BCUT2D eigenvalue weighted by molar-refractivity contribution is 0.475. The van der Waals surface area contributed by atoms with E-state index in [1.165, 1.54) is 6.20 Å². The number of fused-ring (bicyclic) bond motifs is 1. The molecule has 4 rings (SSSR count). The van der Waals surface area contributed by atoms with Crippen LogP contribution in [0.2, 0.25) is 0 Å². The van der Waals surface area contributed by atoms with Gasteiger partial charge in [0, 0.05) is 56.6 Å². The second-order valence-corrected chi connectivity index (χ2v) is 7.00. The molecule has 9 nitrogen and oxygen atoms in total. The SMILES string of the molecule is CN=CC(=CN)c1cc(Oc2ccc(-c3cnc4n(c3=O)CCCN4)nc2C)ccn1. The lowest BCUT2D eigenvalue weighted by atomic mass is 10.2. The van der Waals surface area contributed by atoms with E-state index >= 15 is 0 Å². The summed E-state index contributed by atoms with van der Waals surface area (Å²) >= 11 is 0. The number of ether oxygens (including phenoxy) is 1. The Labute approximate surface area is 179 Å². The van der Waals surface area contributed by atoms with Crippen LogP contribution in [0.3, 0.4) is 0 Å². The van der Waals surface area contributed by atoms with Crippen molar-refractivity contribution in [1.29, 1.82) is 0 Å². The van der Waals surface area contributed by atoms with Crippen molar-refractivity contribution < 1.29 is 4.74 Å². The standard InChI is InChI=1S/C22H23N7O2/c1-14-20(31-16-6-8-25-19(10-16)15(11-23)12-24-2)5-4-18(28-14)17-13-27-22-26-7-3-9-29(22)21(17)30/h4-6,8,10-13H,3,7,9,23H2,1-2H3,(H,26,27). The molecule has 0 saturated carbocycles. The van der Waals surface area contributed by atoms with Gasteiger partial charge >= 0.3 is 0 Å². The van der Waals surface area contributed by atoms with Crippen LogP contribution in [-0.4, -0.2) is 39.3 Å². The summed E-state index contributed by atoms with van der Waals surface area (Å²) in [6.45, 7) is 3.30. The van der Waals surface area contributed by atoms with Crippen LogP contribution in [-0.2, 0) is 6.54 Å². The van der Waals surface area contributed by atoms with Gasteiger partial charge in [0.05, 0.1) is 22.6 Å². The molecule has 0 fully saturated rings. The quantitative estimate of drug-likeness (QED) is 0.612. The third-order valence-electron chi connectivity index (χ3n) is 4.90. The zero-order valence-electron chi connectivity index (χ0n) is 17.4. The Hall–Kier alpha value is -4.01. The van der Waals surface area contributed by atoms with Crippen LogP contribution in [0.25, 0.3) is 16.8 Å². The third kappa shape index (κ3) is 4.16. The number of aryl methyl sites for hydroxylation is 1. The minimum Gasteiger partial charge on any atom is -0.455 e. The van der Waals surface area contributed by atoms with Crippen molar-refractivity contribution in [2.45, 2.75) is 19.9 Å². The Bertz CT molecular complexity index is 1230. The van der Waals surface area contributed by atoms with Gasteiger partial charge in [0.2, 0.25) is 5.95 Å². The van der Waals surface area contributed by atoms with Crippen LogP contribution in [0.15, 0.2) is 52.6 Å². The molecule has 0 atom stereocenters. The predicted octanol–water partition coefficient (Wildman–Crippen LogP) is 2.62. The summed E-state index contributed by atoms with van der Waals surface area (Å²) in [5.41, 5.74) is 8.58. The minimum absolute atomic E-state index is 0.102. The molecule has 4 heterocycles. The van der Waals surface area contributed by atoms with Crippen LogP contribution >= 0.6 is 0 Å². The van der Waals surface area contributed by atoms with E-state index in [9.17, 15) is 4.79 Å². The summed E-state index contributed by atoms with van der Waals surface area (Å²) in [6.07, 6.45) is 7.18. The van der Waals surface area contributed by atoms with Crippen LogP contribution in [0.5, 0.6) is 11.5 Å². The number of hydrogen-bond donors (Lipinski definition) is 2. The van der Waals surface area contributed by atoms with E-state index in [0.29, 0.717) is 52.2 Å². The highest BCUT2D eigenvalue weighted by molar-refractivity contribution is 6.08. The Morgan fingerprint density at radius 1 is 1.32 bits per heavy atom. The summed E-state index contributed by atoms with van der Waals surface area (Å²) in [7, 11) is 1.67. The average molecular weight is 417 g/mol. The maximum Gasteiger partial charge on any atom is 0.264 e. The maximum absolute atomic E-state index is 12.9. The van der Waals surface area contributed by atoms with Gasteiger partial charge < -0.3 is 15.8 Å². The highest BCUT2D eigenvalue weighted by Gasteiger charge is 2.16. The number of pyridine rings is 2. The average Bonchev–Trinajstić information content (AvgIpc) is 2.79. The van der Waals surface area contributed by atoms with E-state index in [-0.39, 0.29) is 5.56 Å². The first-order chi connectivity index (χ1) is 15.1. The second-order valence-electron chi connectivity index (χ2n) is 7.00. The molecule has 0 radical (unpaired) electrons. The van der Waals surface area contributed by atoms with Gasteiger partial charge in [-0.1, -0.05) is 0 Å². The van der Waals surface area contributed by atoms with Gasteiger partial charge in [-0.3, -0.25) is 19.3 Å². The number of nitrogens with two attached hydrogens (primary N) is 1. The van der Waals surface area contributed by atoms with E-state index in [1.54, 1.807) is 54.5 Å². The van der Waals surface area contributed by atoms with Crippen molar-refractivity contribution in [3.63, 3.8) is 0 Å². The molecule has 158 valence electrons. The molecular weight excluding hydrogens is 394 g/mol. The fraction of sp³-hybridized carbons (Fsp3) is 0.227. The van der Waals surface area contributed by atoms with Crippen LogP contribution in [0.4, 0.5) is 5.95 Å². The van der Waals surface area contributed by atoms with Gasteiger partial charge in [-0.25, -0.2) is 9.97 Å². The molecule has 0 unspecified atom stereocenters. The summed E-state index contributed by atoms with van der Waals surface area (Å²) in [4.78, 5) is 30.1. The lowest BCUT2D eigenvalue weighted by Gasteiger charge is -2.19. The largest absolute Gasteiger partial charge is 0.455 e. The van der Waals surface area contributed by atoms with Gasteiger partial charge in [-0.05, 0) is 31.5 Å². The molecule has 31 heavy (non-hydrogen) atoms. The fourth-order valence-electron chi connectivity index (χ4n) is 3.35. The fourth-order valence-corrected chi connectivity index (χ4v) is 3.35. The molecule has 1 aliphatic heterocycles. The Kier molecular flexibility index (Phi) is 5.74. The summed E-state index contributed by atoms with van der Waals surface area (Å²) < 4.78 is 7.66. The van der Waals surface area contributed by atoms with Crippen molar-refractivity contribution >= 4 is 17.7 Å². The number of rotatable bonds is 5. The van der Waals surface area contributed by atoms with Crippen LogP contribution < -0.4 is 21.3 Å². The third-order valence-corrected chi connectivity index (χ3v) is 4.90. The van der Waals surface area contributed by atoms with Gasteiger partial charge in [-0.2, -0.15) is 0 Å². The molecule has 0 amide bonds. The predicted molar refractivity (Wildman–Crippen MR) is 120 cm³/mol. The van der Waals surface area contributed by atoms with E-state index in [0.717, 1.165) is 13.0 Å². The van der Waals surface area contributed by atoms with Crippen molar-refractivity contribution in [3.05, 3.63) is 64.6 Å². The highest BCUT2D eigenvalue weighted by atomic mass is 16.5. The van der Waals surface area contributed by atoms with Crippen LogP contribution in [0, 0.1) is 6.92 Å². The van der Waals surface area contributed by atoms with Crippen molar-refractivity contribution in [3.8, 4) is 22.8 Å². The Balaban J connectivity index is 1.62.